The average molecular weight is 948 g/mol. The molecule has 4 atom stereocenters. The molecule has 4 amide bonds. The largest absolute Gasteiger partial charge is 0.480 e. The minimum atomic E-state index is -1.55. The number of fused-ring (bicyclic) bond motifs is 4. The third kappa shape index (κ3) is 12.6. The first kappa shape index (κ1) is 49.6. The molecule has 7 rings (SSSR count). The van der Waals surface area contributed by atoms with Gasteiger partial charge in [-0.25, -0.2) is 23.6 Å². The standard InChI is InChI=1S/C52H58FN5O11/c1-51(2,3)68-44(59)29-66-43-20-21-58(45(43)48(62)63)47(61)42(24-32-27-54-40-19-18-33(53)25-38(32)40)56-46(60)41(23-30-12-11-13-31(22-30)26-55-49(64)69-52(4,5)6)57-50(65)67-28-39-36-16-9-7-14-34(36)35-15-8-10-17-37(35)39/h7-19,22,25,27,39,41-43,45,54H,20-21,23-24,26,28-29H2,1-6H3,(H,55,64)(H,56,60)(H,57,65)(H,62,63)/t41?,42?,43-,45-/m0/s1. The van der Waals surface area contributed by atoms with Crippen LogP contribution in [0.15, 0.2) is 97.2 Å². The Morgan fingerprint density at radius 2 is 1.45 bits per heavy atom. The summed E-state index contributed by atoms with van der Waals surface area (Å²) in [5, 5.41) is 19.1. The van der Waals surface area contributed by atoms with Crippen LogP contribution in [0.25, 0.3) is 22.0 Å². The van der Waals surface area contributed by atoms with Crippen molar-refractivity contribution >= 4 is 46.8 Å². The molecule has 17 heteroatoms. The van der Waals surface area contributed by atoms with Crippen LogP contribution >= 0.6 is 0 Å². The molecule has 5 aromatic rings. The molecule has 5 N–H and O–H groups in total. The molecule has 0 saturated carbocycles. The maximum Gasteiger partial charge on any atom is 0.407 e. The van der Waals surface area contributed by atoms with E-state index >= 15 is 0 Å². The number of carboxylic acids is 1. The van der Waals surface area contributed by atoms with Crippen molar-refractivity contribution in [1.29, 1.82) is 0 Å². The normalized spacial score (nSPS) is 16.5. The van der Waals surface area contributed by atoms with E-state index in [0.717, 1.165) is 27.2 Å². The number of carboxylic acid groups (broad SMARTS) is 1. The third-order valence-electron chi connectivity index (χ3n) is 11.7. The molecule has 0 bridgehead atoms. The maximum absolute atomic E-state index is 14.8. The van der Waals surface area contributed by atoms with Crippen molar-refractivity contribution in [2.24, 2.45) is 0 Å². The zero-order valence-electron chi connectivity index (χ0n) is 39.4. The first-order valence-corrected chi connectivity index (χ1v) is 22.8. The predicted octanol–water partition coefficient (Wildman–Crippen LogP) is 6.92. The van der Waals surface area contributed by atoms with Gasteiger partial charge in [-0.05, 0) is 105 Å². The van der Waals surface area contributed by atoms with Crippen molar-refractivity contribution in [2.75, 3.05) is 19.8 Å². The van der Waals surface area contributed by atoms with Gasteiger partial charge in [-0.3, -0.25) is 9.59 Å². The summed E-state index contributed by atoms with van der Waals surface area (Å²) in [6, 6.07) is 22.4. The Hall–Kier alpha value is -7.27. The Balaban J connectivity index is 1.16. The minimum Gasteiger partial charge on any atom is -0.480 e. The van der Waals surface area contributed by atoms with Gasteiger partial charge in [0.05, 0.1) is 6.10 Å². The van der Waals surface area contributed by atoms with Gasteiger partial charge in [-0.2, -0.15) is 0 Å². The van der Waals surface area contributed by atoms with Crippen molar-refractivity contribution in [3.8, 4) is 11.1 Å². The van der Waals surface area contributed by atoms with Gasteiger partial charge in [0.1, 0.15) is 42.3 Å². The van der Waals surface area contributed by atoms with E-state index in [2.05, 4.69) is 20.9 Å². The molecule has 0 radical (unpaired) electrons. The van der Waals surface area contributed by atoms with Crippen molar-refractivity contribution < 1.29 is 57.2 Å². The molecule has 1 aliphatic heterocycles. The van der Waals surface area contributed by atoms with Crippen LogP contribution in [-0.4, -0.2) is 106 Å². The van der Waals surface area contributed by atoms with Crippen LogP contribution < -0.4 is 16.0 Å². The summed E-state index contributed by atoms with van der Waals surface area (Å²) in [7, 11) is 0. The zero-order chi connectivity index (χ0) is 49.6. The Morgan fingerprint density at radius 1 is 0.783 bits per heavy atom. The molecule has 1 aliphatic carbocycles. The fraction of sp³-hybridized carbons (Fsp3) is 0.385. The number of H-pyrrole nitrogens is 1. The van der Waals surface area contributed by atoms with Crippen molar-refractivity contribution in [3.05, 3.63) is 131 Å². The van der Waals surface area contributed by atoms with Crippen LogP contribution in [0, 0.1) is 5.82 Å². The number of halogens is 1. The van der Waals surface area contributed by atoms with E-state index in [4.69, 9.17) is 18.9 Å². The lowest BCUT2D eigenvalue weighted by molar-refractivity contribution is -0.165. The molecule has 2 aliphatic rings. The number of benzene rings is 4. The fourth-order valence-electron chi connectivity index (χ4n) is 8.82. The number of rotatable bonds is 16. The monoisotopic (exact) mass is 947 g/mol. The third-order valence-corrected chi connectivity index (χ3v) is 11.7. The zero-order valence-corrected chi connectivity index (χ0v) is 39.4. The van der Waals surface area contributed by atoms with E-state index < -0.39 is 83.8 Å². The summed E-state index contributed by atoms with van der Waals surface area (Å²) in [6.45, 7) is 9.65. The van der Waals surface area contributed by atoms with Crippen molar-refractivity contribution in [2.45, 2.75) is 109 Å². The van der Waals surface area contributed by atoms with Crippen LogP contribution in [0.4, 0.5) is 14.0 Å². The highest BCUT2D eigenvalue weighted by molar-refractivity contribution is 5.94. The van der Waals surface area contributed by atoms with Gasteiger partial charge in [0.25, 0.3) is 0 Å². The molecule has 2 heterocycles. The predicted molar refractivity (Wildman–Crippen MR) is 252 cm³/mol. The number of carbonyl (C=O) groups excluding carboxylic acids is 5. The highest BCUT2D eigenvalue weighted by Gasteiger charge is 2.45. The van der Waals surface area contributed by atoms with E-state index in [-0.39, 0.29) is 44.9 Å². The van der Waals surface area contributed by atoms with Gasteiger partial charge in [0, 0.05) is 48.9 Å². The number of alkyl carbamates (subject to hydrolysis) is 2. The highest BCUT2D eigenvalue weighted by atomic mass is 19.1. The summed E-state index contributed by atoms with van der Waals surface area (Å²) in [5.74, 6) is -4.54. The number of aromatic amines is 1. The van der Waals surface area contributed by atoms with Crippen molar-refractivity contribution in [1.82, 2.24) is 25.8 Å². The van der Waals surface area contributed by atoms with Gasteiger partial charge < -0.3 is 49.9 Å². The summed E-state index contributed by atoms with van der Waals surface area (Å²) in [5.41, 5.74) is 4.71. The first-order chi connectivity index (χ1) is 32.7. The Kier molecular flexibility index (Phi) is 15.1. The average Bonchev–Trinajstić information content (AvgIpc) is 3.99. The van der Waals surface area contributed by atoms with E-state index in [1.165, 1.54) is 18.2 Å². The molecule has 1 aromatic heterocycles. The van der Waals surface area contributed by atoms with Crippen LogP contribution in [0.3, 0.4) is 0 Å². The molecule has 16 nitrogen and oxygen atoms in total. The molecular formula is C52H58FN5O11. The summed E-state index contributed by atoms with van der Waals surface area (Å²) < 4.78 is 36.9. The molecule has 0 spiro atoms. The number of esters is 1. The van der Waals surface area contributed by atoms with Crippen LogP contribution in [-0.2, 0) is 57.5 Å². The summed E-state index contributed by atoms with van der Waals surface area (Å²) in [4.78, 5) is 85.4. The fourth-order valence-corrected chi connectivity index (χ4v) is 8.82. The second-order valence-electron chi connectivity index (χ2n) is 19.2. The topological polar surface area (TPSA) is 215 Å². The number of hydrogen-bond donors (Lipinski definition) is 5. The van der Waals surface area contributed by atoms with E-state index in [0.29, 0.717) is 27.6 Å². The summed E-state index contributed by atoms with van der Waals surface area (Å²) >= 11 is 0. The molecule has 69 heavy (non-hydrogen) atoms. The molecule has 2 unspecified atom stereocenters. The van der Waals surface area contributed by atoms with E-state index in [1.54, 1.807) is 72.0 Å². The van der Waals surface area contributed by atoms with Crippen LogP contribution in [0.5, 0.6) is 0 Å². The van der Waals surface area contributed by atoms with Gasteiger partial charge in [-0.15, -0.1) is 0 Å². The minimum absolute atomic E-state index is 0.0511. The van der Waals surface area contributed by atoms with Gasteiger partial charge in [0.15, 0.2) is 6.04 Å². The highest BCUT2D eigenvalue weighted by Crippen LogP contribution is 2.44. The molecule has 1 saturated heterocycles. The number of aliphatic carboxylic acids is 1. The Labute approximate surface area is 399 Å². The van der Waals surface area contributed by atoms with Gasteiger partial charge in [-0.1, -0.05) is 72.8 Å². The number of hydrogen-bond acceptors (Lipinski definition) is 10. The molecular weight excluding hydrogens is 890 g/mol. The number of likely N-dealkylation sites (tertiary alicyclic amines) is 1. The van der Waals surface area contributed by atoms with Crippen LogP contribution in [0.1, 0.15) is 81.7 Å². The summed E-state index contributed by atoms with van der Waals surface area (Å²) in [6.07, 6.45) is -1.34. The van der Waals surface area contributed by atoms with Gasteiger partial charge in [0.2, 0.25) is 11.8 Å². The number of carbonyl (C=O) groups is 6. The number of ether oxygens (including phenoxy) is 4. The lowest BCUT2D eigenvalue weighted by atomic mass is 9.98. The number of nitrogens with one attached hydrogen (secondary N) is 4. The number of amides is 4. The Morgan fingerprint density at radius 3 is 2.12 bits per heavy atom. The number of aromatic nitrogens is 1. The Bertz CT molecular complexity index is 2680. The maximum atomic E-state index is 14.8. The smallest absolute Gasteiger partial charge is 0.407 e. The van der Waals surface area contributed by atoms with Crippen molar-refractivity contribution in [3.63, 3.8) is 0 Å². The second kappa shape index (κ2) is 20.9. The lowest BCUT2D eigenvalue weighted by Crippen LogP contribution is -2.57. The molecule has 1 fully saturated rings. The van der Waals surface area contributed by atoms with E-state index in [9.17, 15) is 38.3 Å². The molecule has 4 aromatic carbocycles. The van der Waals surface area contributed by atoms with Gasteiger partial charge >= 0.3 is 24.1 Å². The lowest BCUT2D eigenvalue weighted by Gasteiger charge is -2.30. The van der Waals surface area contributed by atoms with E-state index in [1.807, 2.05) is 48.5 Å². The quantitative estimate of drug-likeness (QED) is 0.0506. The number of nitrogens with zero attached hydrogens (tertiary/aromatic N) is 1. The second-order valence-corrected chi connectivity index (χ2v) is 19.2. The van der Waals surface area contributed by atoms with Crippen LogP contribution in [0.2, 0.25) is 0 Å². The molecule has 364 valence electrons. The SMILES string of the molecule is CC(C)(C)OC(=O)CO[C@H]1CCN(C(=O)C(Cc2c[nH]c3ccc(F)cc23)NC(=O)C(Cc2cccc(CNC(=O)OC(C)(C)C)c2)NC(=O)OCC2c3ccccc3-c3ccccc32)[C@@H]1C(=O)O. The first-order valence-electron chi connectivity index (χ1n) is 22.8.